The Hall–Kier alpha value is -1.97. The van der Waals surface area contributed by atoms with E-state index in [-0.39, 0.29) is 23.8 Å². The summed E-state index contributed by atoms with van der Waals surface area (Å²) in [5.41, 5.74) is 6.00. The number of aliphatic hydroxyl groups is 1. The number of hydrogen-bond donors (Lipinski definition) is 2. The molecule has 1 heterocycles. The molecule has 1 aliphatic carbocycles. The van der Waals surface area contributed by atoms with Gasteiger partial charge in [-0.25, -0.2) is 4.79 Å². The van der Waals surface area contributed by atoms with E-state index in [1.165, 1.54) is 0 Å². The maximum Gasteiger partial charge on any atom is 0.341 e. The number of ether oxygens (including phenoxy) is 1. The van der Waals surface area contributed by atoms with E-state index in [2.05, 4.69) is 0 Å². The molecule has 0 bridgehead atoms. The summed E-state index contributed by atoms with van der Waals surface area (Å²) in [5.74, 6) is -2.85. The second-order valence-corrected chi connectivity index (χ2v) is 6.27. The Kier molecular flexibility index (Phi) is 5.92. The third kappa shape index (κ3) is 3.58. The normalized spacial score (nSPS) is 16.4. The highest BCUT2D eigenvalue weighted by Gasteiger charge is 2.35. The lowest BCUT2D eigenvalue weighted by molar-refractivity contribution is -0.140. The van der Waals surface area contributed by atoms with Gasteiger partial charge in [0.1, 0.15) is 10.6 Å². The summed E-state index contributed by atoms with van der Waals surface area (Å²) in [5, 5.41) is 10.8. The number of anilines is 1. The van der Waals surface area contributed by atoms with Crippen LogP contribution in [0, 0.1) is 0 Å². The molecule has 24 heavy (non-hydrogen) atoms. The fourth-order valence-electron chi connectivity index (χ4n) is 2.55. The van der Waals surface area contributed by atoms with Gasteiger partial charge in [-0.3, -0.25) is 14.4 Å². The number of aliphatic hydroxyl groups excluding tert-OH is 1. The van der Waals surface area contributed by atoms with Crippen molar-refractivity contribution in [3.8, 4) is 0 Å². The molecule has 0 saturated carbocycles. The van der Waals surface area contributed by atoms with Gasteiger partial charge in [0.15, 0.2) is 0 Å². The molecule has 0 radical (unpaired) electrons. The van der Waals surface area contributed by atoms with E-state index in [1.807, 2.05) is 0 Å². The third-order valence-corrected chi connectivity index (χ3v) is 4.76. The second kappa shape index (κ2) is 7.73. The molecular formula is C15H20N2O6S. The number of hydroxylamine groups is 1. The Morgan fingerprint density at radius 1 is 1.33 bits per heavy atom. The lowest BCUT2D eigenvalue weighted by Gasteiger charge is -2.19. The highest BCUT2D eigenvalue weighted by Crippen LogP contribution is 2.41. The van der Waals surface area contributed by atoms with Crippen molar-refractivity contribution < 1.29 is 29.1 Å². The SMILES string of the molecule is CCOC(=O)c1c(N(OCC)C(=O)C(N)=O)sc2c1CCC(O)C2. The van der Waals surface area contributed by atoms with Crippen LogP contribution < -0.4 is 10.8 Å². The molecule has 1 unspecified atom stereocenters. The number of fused-ring (bicyclic) bond motifs is 1. The summed E-state index contributed by atoms with van der Waals surface area (Å²) in [6, 6.07) is 0. The minimum atomic E-state index is -1.19. The molecule has 0 saturated heterocycles. The highest BCUT2D eigenvalue weighted by molar-refractivity contribution is 7.17. The number of nitrogens with zero attached hydrogens (tertiary/aromatic N) is 1. The molecule has 9 heteroatoms. The molecule has 132 valence electrons. The Labute approximate surface area is 143 Å². The molecule has 1 atom stereocenters. The summed E-state index contributed by atoms with van der Waals surface area (Å²) >= 11 is 1.13. The summed E-state index contributed by atoms with van der Waals surface area (Å²) < 4.78 is 5.08. The maximum absolute atomic E-state index is 12.4. The monoisotopic (exact) mass is 356 g/mol. The molecule has 2 amide bonds. The Morgan fingerprint density at radius 3 is 2.62 bits per heavy atom. The fourth-order valence-corrected chi connectivity index (χ4v) is 3.91. The number of primary amides is 1. The molecule has 8 nitrogen and oxygen atoms in total. The first kappa shape index (κ1) is 18.4. The number of carbonyl (C=O) groups excluding carboxylic acids is 3. The zero-order valence-corrected chi connectivity index (χ0v) is 14.4. The largest absolute Gasteiger partial charge is 0.462 e. The lowest BCUT2D eigenvalue weighted by atomic mass is 9.93. The smallest absolute Gasteiger partial charge is 0.341 e. The molecule has 2 rings (SSSR count). The average Bonchev–Trinajstić information content (AvgIpc) is 2.90. The molecule has 0 fully saturated rings. The first-order valence-electron chi connectivity index (χ1n) is 7.67. The van der Waals surface area contributed by atoms with Crippen LogP contribution in [0.2, 0.25) is 0 Å². The van der Waals surface area contributed by atoms with Crippen LogP contribution in [0.25, 0.3) is 0 Å². The molecule has 0 aromatic carbocycles. The fraction of sp³-hybridized carbons (Fsp3) is 0.533. The van der Waals surface area contributed by atoms with Gasteiger partial charge in [0.05, 0.1) is 19.3 Å². The summed E-state index contributed by atoms with van der Waals surface area (Å²) in [6.07, 6.45) is 0.850. The third-order valence-electron chi connectivity index (χ3n) is 3.54. The summed E-state index contributed by atoms with van der Waals surface area (Å²) in [7, 11) is 0. The zero-order chi connectivity index (χ0) is 17.9. The minimum Gasteiger partial charge on any atom is -0.462 e. The van der Waals surface area contributed by atoms with Gasteiger partial charge >= 0.3 is 17.8 Å². The zero-order valence-electron chi connectivity index (χ0n) is 13.5. The number of hydrogen-bond acceptors (Lipinski definition) is 7. The van der Waals surface area contributed by atoms with Crippen molar-refractivity contribution in [3.05, 3.63) is 16.0 Å². The lowest BCUT2D eigenvalue weighted by Crippen LogP contribution is -2.40. The van der Waals surface area contributed by atoms with Crippen LogP contribution >= 0.6 is 11.3 Å². The van der Waals surface area contributed by atoms with Crippen LogP contribution in [0.4, 0.5) is 5.00 Å². The number of esters is 1. The minimum absolute atomic E-state index is 0.104. The van der Waals surface area contributed by atoms with Crippen LogP contribution in [-0.4, -0.2) is 42.2 Å². The van der Waals surface area contributed by atoms with Crippen LogP contribution in [0.3, 0.4) is 0 Å². The molecular weight excluding hydrogens is 336 g/mol. The van der Waals surface area contributed by atoms with E-state index in [0.717, 1.165) is 26.8 Å². The topological polar surface area (TPSA) is 119 Å². The van der Waals surface area contributed by atoms with Gasteiger partial charge in [-0.15, -0.1) is 11.3 Å². The van der Waals surface area contributed by atoms with E-state index < -0.39 is 23.9 Å². The average molecular weight is 356 g/mol. The number of amides is 2. The van der Waals surface area contributed by atoms with E-state index in [9.17, 15) is 19.5 Å². The van der Waals surface area contributed by atoms with Gasteiger partial charge in [0.2, 0.25) is 0 Å². The standard InChI is InChI=1S/C15H20N2O6S/c1-3-22-15(21)11-9-6-5-8(18)7-10(9)24-14(11)17(23-4-2)13(20)12(16)19/h8,18H,3-7H2,1-2H3,(H2,16,19). The molecule has 1 aromatic heterocycles. The second-order valence-electron chi connectivity index (χ2n) is 5.18. The molecule has 0 aliphatic heterocycles. The van der Waals surface area contributed by atoms with Crippen LogP contribution in [0.5, 0.6) is 0 Å². The number of nitrogens with two attached hydrogens (primary N) is 1. The van der Waals surface area contributed by atoms with Crippen molar-refractivity contribution in [1.82, 2.24) is 0 Å². The number of carbonyl (C=O) groups is 3. The van der Waals surface area contributed by atoms with Crippen LogP contribution in [0.1, 0.15) is 41.1 Å². The van der Waals surface area contributed by atoms with Crippen LogP contribution in [-0.2, 0) is 32.0 Å². The van der Waals surface area contributed by atoms with Gasteiger partial charge in [-0.1, -0.05) is 0 Å². The van der Waals surface area contributed by atoms with Crippen molar-refractivity contribution in [2.24, 2.45) is 5.73 Å². The van der Waals surface area contributed by atoms with Crippen molar-refractivity contribution in [2.75, 3.05) is 18.3 Å². The van der Waals surface area contributed by atoms with Gasteiger partial charge in [-0.05, 0) is 32.3 Å². The quantitative estimate of drug-likeness (QED) is 0.452. The molecule has 1 aliphatic rings. The Bertz CT molecular complexity index is 657. The molecule has 1 aromatic rings. The summed E-state index contributed by atoms with van der Waals surface area (Å²) in [6.45, 7) is 3.59. The number of thiophene rings is 1. The predicted molar refractivity (Wildman–Crippen MR) is 86.6 cm³/mol. The van der Waals surface area contributed by atoms with E-state index in [4.69, 9.17) is 15.3 Å². The van der Waals surface area contributed by atoms with E-state index >= 15 is 0 Å². The van der Waals surface area contributed by atoms with E-state index in [1.54, 1.807) is 13.8 Å². The first-order chi connectivity index (χ1) is 11.4. The van der Waals surface area contributed by atoms with Crippen molar-refractivity contribution >= 4 is 34.1 Å². The van der Waals surface area contributed by atoms with Crippen molar-refractivity contribution in [1.29, 1.82) is 0 Å². The van der Waals surface area contributed by atoms with Gasteiger partial charge < -0.3 is 15.6 Å². The summed E-state index contributed by atoms with van der Waals surface area (Å²) in [4.78, 5) is 41.8. The molecule has 0 spiro atoms. The highest BCUT2D eigenvalue weighted by atomic mass is 32.1. The van der Waals surface area contributed by atoms with Crippen molar-refractivity contribution in [2.45, 2.75) is 39.2 Å². The van der Waals surface area contributed by atoms with Crippen molar-refractivity contribution in [3.63, 3.8) is 0 Å². The Morgan fingerprint density at radius 2 is 2.04 bits per heavy atom. The maximum atomic E-state index is 12.4. The van der Waals surface area contributed by atoms with Gasteiger partial charge in [0.25, 0.3) is 0 Å². The van der Waals surface area contributed by atoms with E-state index in [0.29, 0.717) is 19.3 Å². The predicted octanol–water partition coefficient (Wildman–Crippen LogP) is 0.544. The van der Waals surface area contributed by atoms with Crippen LogP contribution in [0.15, 0.2) is 0 Å². The van der Waals surface area contributed by atoms with Gasteiger partial charge in [-0.2, -0.15) is 5.06 Å². The Balaban J connectivity index is 2.55. The molecule has 3 N–H and O–H groups in total. The van der Waals surface area contributed by atoms with Gasteiger partial charge in [0, 0.05) is 11.3 Å². The number of rotatable bonds is 5. The first-order valence-corrected chi connectivity index (χ1v) is 8.48.